The van der Waals surface area contributed by atoms with Gasteiger partial charge >= 0.3 is 0 Å². The van der Waals surface area contributed by atoms with Crippen LogP contribution < -0.4 is 10.6 Å². The van der Waals surface area contributed by atoms with Gasteiger partial charge in [-0.05, 0) is 24.3 Å². The Bertz CT molecular complexity index is 1100. The number of anilines is 2. The van der Waals surface area contributed by atoms with Crippen molar-refractivity contribution in [1.29, 1.82) is 0 Å². The largest absolute Gasteiger partial charge is 0.324 e. The molecule has 1 aliphatic heterocycles. The van der Waals surface area contributed by atoms with Gasteiger partial charge in [-0.3, -0.25) is 14.5 Å². The van der Waals surface area contributed by atoms with Crippen molar-refractivity contribution in [3.63, 3.8) is 0 Å². The van der Waals surface area contributed by atoms with E-state index in [-0.39, 0.29) is 17.7 Å². The minimum absolute atomic E-state index is 0.0159. The van der Waals surface area contributed by atoms with Gasteiger partial charge in [-0.1, -0.05) is 42.8 Å². The molecule has 1 saturated carbocycles. The average Bonchev–Trinajstić information content (AvgIpc) is 3.08. The van der Waals surface area contributed by atoms with E-state index in [1.807, 2.05) is 42.5 Å². The number of thiazole rings is 1. The highest BCUT2D eigenvalue weighted by atomic mass is 32.1. The number of benzene rings is 2. The van der Waals surface area contributed by atoms with Crippen molar-refractivity contribution in [2.24, 2.45) is 5.92 Å². The Morgan fingerprint density at radius 2 is 1.93 bits per heavy atom. The summed E-state index contributed by atoms with van der Waals surface area (Å²) in [5.74, 6) is 0.233. The molecule has 1 aromatic heterocycles. The standard InChI is InChI=1S/C23H24N4O2S/c28-21(24-18-10-4-6-15-5-1-2-9-17(15)18)14-27-12-11-19-20(13-27)30-23(25-19)26-22(29)16-7-3-8-16/h1-2,4-6,9-10,16H,3,7-8,11-14H2,(H,24,28)(H,25,26,29). The summed E-state index contributed by atoms with van der Waals surface area (Å²) in [4.78, 5) is 32.7. The van der Waals surface area contributed by atoms with E-state index in [4.69, 9.17) is 0 Å². The first kappa shape index (κ1) is 19.2. The van der Waals surface area contributed by atoms with Gasteiger partial charge in [0, 0.05) is 41.4 Å². The average molecular weight is 421 g/mol. The second kappa shape index (κ2) is 8.16. The Morgan fingerprint density at radius 1 is 1.10 bits per heavy atom. The van der Waals surface area contributed by atoms with E-state index in [0.717, 1.165) is 59.3 Å². The van der Waals surface area contributed by atoms with E-state index >= 15 is 0 Å². The number of nitrogens with one attached hydrogen (secondary N) is 2. The zero-order chi connectivity index (χ0) is 20.5. The van der Waals surface area contributed by atoms with Crippen molar-refractivity contribution >= 4 is 44.7 Å². The van der Waals surface area contributed by atoms with Crippen molar-refractivity contribution in [3.05, 3.63) is 53.0 Å². The van der Waals surface area contributed by atoms with Crippen LogP contribution in [0.25, 0.3) is 10.8 Å². The second-order valence-corrected chi connectivity index (χ2v) is 9.13. The smallest absolute Gasteiger partial charge is 0.238 e. The highest BCUT2D eigenvalue weighted by Crippen LogP contribution is 2.31. The van der Waals surface area contributed by atoms with E-state index in [1.54, 1.807) is 0 Å². The number of hydrogen-bond acceptors (Lipinski definition) is 5. The van der Waals surface area contributed by atoms with Crippen molar-refractivity contribution in [1.82, 2.24) is 9.88 Å². The number of hydrogen-bond donors (Lipinski definition) is 2. The molecule has 1 aliphatic carbocycles. The lowest BCUT2D eigenvalue weighted by Crippen LogP contribution is -2.36. The number of carbonyl (C=O) groups excluding carboxylic acids is 2. The number of fused-ring (bicyclic) bond motifs is 2. The third kappa shape index (κ3) is 3.95. The van der Waals surface area contributed by atoms with Crippen LogP contribution in [0.15, 0.2) is 42.5 Å². The topological polar surface area (TPSA) is 74.3 Å². The predicted octanol–water partition coefficient (Wildman–Crippen LogP) is 4.03. The molecule has 2 aliphatic rings. The molecular formula is C23H24N4O2S. The minimum Gasteiger partial charge on any atom is -0.324 e. The van der Waals surface area contributed by atoms with Crippen molar-refractivity contribution in [2.45, 2.75) is 32.2 Å². The first-order valence-corrected chi connectivity index (χ1v) is 11.3. The molecule has 2 amide bonds. The van der Waals surface area contributed by atoms with Crippen LogP contribution >= 0.6 is 11.3 Å². The summed E-state index contributed by atoms with van der Waals surface area (Å²) >= 11 is 1.54. The van der Waals surface area contributed by atoms with Crippen LogP contribution in [0.3, 0.4) is 0 Å². The van der Waals surface area contributed by atoms with Gasteiger partial charge in [0.05, 0.1) is 12.2 Å². The molecule has 154 valence electrons. The lowest BCUT2D eigenvalue weighted by Gasteiger charge is -2.25. The summed E-state index contributed by atoms with van der Waals surface area (Å²) in [6.45, 7) is 1.81. The van der Waals surface area contributed by atoms with E-state index in [1.165, 1.54) is 11.3 Å². The van der Waals surface area contributed by atoms with Gasteiger partial charge in [0.15, 0.2) is 5.13 Å². The molecule has 2 aromatic carbocycles. The fourth-order valence-corrected chi connectivity index (χ4v) is 5.10. The molecule has 2 N–H and O–H groups in total. The molecule has 0 radical (unpaired) electrons. The number of amides is 2. The number of rotatable bonds is 5. The maximum atomic E-state index is 12.7. The van der Waals surface area contributed by atoms with Crippen LogP contribution in [0.5, 0.6) is 0 Å². The summed E-state index contributed by atoms with van der Waals surface area (Å²) in [7, 11) is 0. The normalized spacial score (nSPS) is 16.7. The third-order valence-corrected chi connectivity index (χ3v) is 6.95. The van der Waals surface area contributed by atoms with Crippen molar-refractivity contribution in [2.75, 3.05) is 23.7 Å². The fraction of sp³-hybridized carbons (Fsp3) is 0.348. The van der Waals surface area contributed by atoms with E-state index < -0.39 is 0 Å². The molecule has 7 heteroatoms. The summed E-state index contributed by atoms with van der Waals surface area (Å²) in [6.07, 6.45) is 3.90. The quantitative estimate of drug-likeness (QED) is 0.654. The van der Waals surface area contributed by atoms with Gasteiger partial charge in [0.1, 0.15) is 0 Å². The van der Waals surface area contributed by atoms with Gasteiger partial charge in [-0.2, -0.15) is 0 Å². The van der Waals surface area contributed by atoms with Gasteiger partial charge in [0.25, 0.3) is 0 Å². The molecule has 2 heterocycles. The molecule has 0 unspecified atom stereocenters. The Morgan fingerprint density at radius 3 is 2.77 bits per heavy atom. The number of aromatic nitrogens is 1. The molecule has 1 fully saturated rings. The first-order valence-electron chi connectivity index (χ1n) is 10.4. The Balaban J connectivity index is 1.21. The molecule has 3 aromatic rings. The van der Waals surface area contributed by atoms with Crippen LogP contribution in [0.2, 0.25) is 0 Å². The van der Waals surface area contributed by atoms with E-state index in [0.29, 0.717) is 18.2 Å². The van der Waals surface area contributed by atoms with Crippen LogP contribution in [-0.2, 0) is 22.6 Å². The van der Waals surface area contributed by atoms with Crippen LogP contribution in [0.4, 0.5) is 10.8 Å². The zero-order valence-corrected chi connectivity index (χ0v) is 17.5. The SMILES string of the molecule is O=C(CN1CCc2nc(NC(=O)C3CCC3)sc2C1)Nc1cccc2ccccc12. The van der Waals surface area contributed by atoms with Gasteiger partial charge in [0.2, 0.25) is 11.8 Å². The van der Waals surface area contributed by atoms with Crippen LogP contribution in [0, 0.1) is 5.92 Å². The molecule has 0 saturated heterocycles. The minimum atomic E-state index is -0.0159. The highest BCUT2D eigenvalue weighted by Gasteiger charge is 2.27. The van der Waals surface area contributed by atoms with Gasteiger partial charge in [-0.15, -0.1) is 11.3 Å². The summed E-state index contributed by atoms with van der Waals surface area (Å²) < 4.78 is 0. The number of carbonyl (C=O) groups is 2. The molecule has 0 bridgehead atoms. The van der Waals surface area contributed by atoms with Gasteiger partial charge < -0.3 is 10.6 Å². The monoisotopic (exact) mass is 420 g/mol. The zero-order valence-electron chi connectivity index (χ0n) is 16.7. The summed E-state index contributed by atoms with van der Waals surface area (Å²) in [5.41, 5.74) is 1.89. The predicted molar refractivity (Wildman–Crippen MR) is 120 cm³/mol. The highest BCUT2D eigenvalue weighted by molar-refractivity contribution is 7.15. The molecular weight excluding hydrogens is 396 g/mol. The molecule has 30 heavy (non-hydrogen) atoms. The first-order chi connectivity index (χ1) is 14.7. The second-order valence-electron chi connectivity index (χ2n) is 8.04. The summed E-state index contributed by atoms with van der Waals surface area (Å²) in [6, 6.07) is 14.0. The lowest BCUT2D eigenvalue weighted by atomic mass is 9.85. The van der Waals surface area contributed by atoms with Crippen LogP contribution in [0.1, 0.15) is 29.8 Å². The van der Waals surface area contributed by atoms with Crippen LogP contribution in [-0.4, -0.2) is 34.8 Å². The molecule has 0 atom stereocenters. The Hall–Kier alpha value is -2.77. The Kier molecular flexibility index (Phi) is 5.23. The van der Waals surface area contributed by atoms with Crippen molar-refractivity contribution < 1.29 is 9.59 Å². The van der Waals surface area contributed by atoms with Crippen molar-refractivity contribution in [3.8, 4) is 0 Å². The third-order valence-electron chi connectivity index (χ3n) is 5.95. The Labute approximate surface area is 179 Å². The molecule has 0 spiro atoms. The van der Waals surface area contributed by atoms with E-state index in [2.05, 4.69) is 20.5 Å². The van der Waals surface area contributed by atoms with Gasteiger partial charge in [-0.25, -0.2) is 4.98 Å². The fourth-order valence-electron chi connectivity index (χ4n) is 4.04. The van der Waals surface area contributed by atoms with E-state index in [9.17, 15) is 9.59 Å². The maximum absolute atomic E-state index is 12.7. The molecule has 5 rings (SSSR count). The summed E-state index contributed by atoms with van der Waals surface area (Å²) in [5, 5.41) is 8.89. The number of nitrogens with zero attached hydrogens (tertiary/aromatic N) is 2. The lowest BCUT2D eigenvalue weighted by molar-refractivity contribution is -0.122. The maximum Gasteiger partial charge on any atom is 0.238 e. The molecule has 6 nitrogen and oxygen atoms in total.